The van der Waals surface area contributed by atoms with Gasteiger partial charge in [0.05, 0.1) is 12.8 Å². The van der Waals surface area contributed by atoms with E-state index in [0.29, 0.717) is 11.4 Å². The molecule has 3 aromatic rings. The van der Waals surface area contributed by atoms with Crippen molar-refractivity contribution in [1.82, 2.24) is 9.55 Å². The highest BCUT2D eigenvalue weighted by Gasteiger charge is 2.19. The minimum Gasteiger partial charge on any atom is -0.497 e. The molecule has 0 saturated carbocycles. The van der Waals surface area contributed by atoms with Gasteiger partial charge in [0.2, 0.25) is 0 Å². The molecule has 0 aliphatic rings. The Balaban J connectivity index is 2.20. The first-order valence-electron chi connectivity index (χ1n) is 6.81. The fourth-order valence-electron chi connectivity index (χ4n) is 2.35. The average Bonchev–Trinajstić information content (AvgIpc) is 3.00. The first kappa shape index (κ1) is 15.3. The second-order valence-corrected chi connectivity index (χ2v) is 5.74. The Morgan fingerprint density at radius 1 is 1.22 bits per heavy atom. The predicted octanol–water partition coefficient (Wildman–Crippen LogP) is 4.01. The maximum Gasteiger partial charge on any atom is 0.356 e. The summed E-state index contributed by atoms with van der Waals surface area (Å²) in [5.74, 6) is -0.358. The average molecular weight is 373 g/mol. The number of aromatic nitrogens is 2. The summed E-state index contributed by atoms with van der Waals surface area (Å²) in [6.07, 6.45) is 1.52. The third-order valence-electron chi connectivity index (χ3n) is 3.42. The van der Waals surface area contributed by atoms with E-state index in [9.17, 15) is 9.90 Å². The van der Waals surface area contributed by atoms with E-state index in [1.54, 1.807) is 23.8 Å². The lowest BCUT2D eigenvalue weighted by Crippen LogP contribution is -2.02. The van der Waals surface area contributed by atoms with Crippen molar-refractivity contribution in [2.45, 2.75) is 0 Å². The van der Waals surface area contributed by atoms with E-state index >= 15 is 0 Å². The number of benzene rings is 2. The monoisotopic (exact) mass is 372 g/mol. The minimum atomic E-state index is -1.07. The minimum absolute atomic E-state index is 0.00939. The van der Waals surface area contributed by atoms with Crippen LogP contribution in [0.15, 0.2) is 59.3 Å². The van der Waals surface area contributed by atoms with E-state index in [2.05, 4.69) is 20.9 Å². The molecule has 0 aliphatic heterocycles. The Bertz CT molecular complexity index is 857. The Morgan fingerprint density at radius 3 is 2.57 bits per heavy atom. The molecule has 23 heavy (non-hydrogen) atoms. The molecule has 3 rings (SSSR count). The molecule has 5 nitrogen and oxygen atoms in total. The SMILES string of the molecule is COc1ccc(-c2c(C(=O)O)ncn2-c2cccc(Br)c2)cc1. The number of hydrogen-bond acceptors (Lipinski definition) is 3. The quantitative estimate of drug-likeness (QED) is 0.751. The van der Waals surface area contributed by atoms with Crippen LogP contribution in [-0.4, -0.2) is 27.7 Å². The Kier molecular flexibility index (Phi) is 4.16. The van der Waals surface area contributed by atoms with Crippen LogP contribution in [0, 0.1) is 0 Å². The summed E-state index contributed by atoms with van der Waals surface area (Å²) < 4.78 is 7.81. The van der Waals surface area contributed by atoms with Crippen LogP contribution in [0.3, 0.4) is 0 Å². The van der Waals surface area contributed by atoms with E-state index in [4.69, 9.17) is 4.74 Å². The van der Waals surface area contributed by atoms with Crippen LogP contribution >= 0.6 is 15.9 Å². The first-order valence-corrected chi connectivity index (χ1v) is 7.60. The van der Waals surface area contributed by atoms with Crippen molar-refractivity contribution in [2.75, 3.05) is 7.11 Å². The second kappa shape index (κ2) is 6.26. The zero-order valence-corrected chi connectivity index (χ0v) is 13.8. The van der Waals surface area contributed by atoms with Crippen LogP contribution in [0.5, 0.6) is 5.75 Å². The summed E-state index contributed by atoms with van der Waals surface area (Å²) in [4.78, 5) is 15.6. The van der Waals surface area contributed by atoms with Gasteiger partial charge < -0.3 is 9.84 Å². The van der Waals surface area contributed by atoms with Crippen molar-refractivity contribution in [3.05, 3.63) is 65.0 Å². The smallest absolute Gasteiger partial charge is 0.356 e. The molecule has 2 aromatic carbocycles. The Morgan fingerprint density at radius 2 is 1.96 bits per heavy atom. The Labute approximate surface area is 141 Å². The second-order valence-electron chi connectivity index (χ2n) is 4.83. The van der Waals surface area contributed by atoms with Gasteiger partial charge in [-0.25, -0.2) is 9.78 Å². The zero-order chi connectivity index (χ0) is 16.4. The molecule has 1 aromatic heterocycles. The fraction of sp³-hybridized carbons (Fsp3) is 0.0588. The van der Waals surface area contributed by atoms with E-state index in [1.807, 2.05) is 36.4 Å². The number of halogens is 1. The first-order chi connectivity index (χ1) is 11.1. The molecule has 116 valence electrons. The summed E-state index contributed by atoms with van der Waals surface area (Å²) in [6.45, 7) is 0. The van der Waals surface area contributed by atoms with Gasteiger partial charge in [-0.1, -0.05) is 22.0 Å². The van der Waals surface area contributed by atoms with Crippen molar-refractivity contribution >= 4 is 21.9 Å². The van der Waals surface area contributed by atoms with E-state index in [1.165, 1.54) is 6.33 Å². The third-order valence-corrected chi connectivity index (χ3v) is 3.91. The lowest BCUT2D eigenvalue weighted by molar-refractivity contribution is 0.0692. The summed E-state index contributed by atoms with van der Waals surface area (Å²) in [5.41, 5.74) is 2.11. The molecular weight excluding hydrogens is 360 g/mol. The number of imidazole rings is 1. The molecule has 0 bridgehead atoms. The number of carboxylic acid groups (broad SMARTS) is 1. The lowest BCUT2D eigenvalue weighted by Gasteiger charge is -2.10. The highest BCUT2D eigenvalue weighted by Crippen LogP contribution is 2.29. The normalized spacial score (nSPS) is 10.5. The van der Waals surface area contributed by atoms with Crippen molar-refractivity contribution in [3.63, 3.8) is 0 Å². The predicted molar refractivity (Wildman–Crippen MR) is 90.2 cm³/mol. The molecule has 0 atom stereocenters. The van der Waals surface area contributed by atoms with E-state index < -0.39 is 5.97 Å². The number of aromatic carboxylic acids is 1. The van der Waals surface area contributed by atoms with Gasteiger partial charge in [0.1, 0.15) is 12.1 Å². The van der Waals surface area contributed by atoms with Crippen LogP contribution in [-0.2, 0) is 0 Å². The summed E-state index contributed by atoms with van der Waals surface area (Å²) in [7, 11) is 1.59. The maximum atomic E-state index is 11.5. The number of rotatable bonds is 4. The van der Waals surface area contributed by atoms with Crippen molar-refractivity contribution in [3.8, 4) is 22.7 Å². The molecular formula is C17H13BrN2O3. The van der Waals surface area contributed by atoms with Crippen LogP contribution < -0.4 is 4.74 Å². The number of ether oxygens (including phenoxy) is 1. The molecule has 0 unspecified atom stereocenters. The standard InChI is InChI=1S/C17H13BrN2O3/c1-23-14-7-5-11(6-8-14)16-15(17(21)22)19-10-20(16)13-4-2-3-12(18)9-13/h2-10H,1H3,(H,21,22). The van der Waals surface area contributed by atoms with Gasteiger partial charge >= 0.3 is 5.97 Å². The Hall–Kier alpha value is -2.60. The molecule has 0 radical (unpaired) electrons. The molecule has 0 spiro atoms. The van der Waals surface area contributed by atoms with Gasteiger partial charge in [-0.2, -0.15) is 0 Å². The number of hydrogen-bond donors (Lipinski definition) is 1. The molecule has 6 heteroatoms. The number of carboxylic acids is 1. The fourth-order valence-corrected chi connectivity index (χ4v) is 2.74. The van der Waals surface area contributed by atoms with Gasteiger partial charge in [-0.05, 0) is 42.5 Å². The van der Waals surface area contributed by atoms with Crippen LogP contribution in [0.2, 0.25) is 0 Å². The summed E-state index contributed by atoms with van der Waals surface area (Å²) >= 11 is 3.43. The lowest BCUT2D eigenvalue weighted by atomic mass is 10.1. The van der Waals surface area contributed by atoms with E-state index in [-0.39, 0.29) is 5.69 Å². The van der Waals surface area contributed by atoms with Crippen LogP contribution in [0.4, 0.5) is 0 Å². The third kappa shape index (κ3) is 2.98. The summed E-state index contributed by atoms with van der Waals surface area (Å²) in [6, 6.07) is 14.8. The van der Waals surface area contributed by atoms with Gasteiger partial charge in [-0.15, -0.1) is 0 Å². The number of nitrogens with zero attached hydrogens (tertiary/aromatic N) is 2. The van der Waals surface area contributed by atoms with Gasteiger partial charge in [0, 0.05) is 15.7 Å². The van der Waals surface area contributed by atoms with Gasteiger partial charge in [-0.3, -0.25) is 4.57 Å². The maximum absolute atomic E-state index is 11.5. The number of methoxy groups -OCH3 is 1. The van der Waals surface area contributed by atoms with Gasteiger partial charge in [0.25, 0.3) is 0 Å². The van der Waals surface area contributed by atoms with Crippen molar-refractivity contribution < 1.29 is 14.6 Å². The molecule has 1 N–H and O–H groups in total. The van der Waals surface area contributed by atoms with Crippen molar-refractivity contribution in [1.29, 1.82) is 0 Å². The number of carbonyl (C=O) groups is 1. The highest BCUT2D eigenvalue weighted by atomic mass is 79.9. The van der Waals surface area contributed by atoms with Crippen molar-refractivity contribution in [2.24, 2.45) is 0 Å². The molecule has 1 heterocycles. The van der Waals surface area contributed by atoms with E-state index in [0.717, 1.165) is 15.7 Å². The molecule has 0 amide bonds. The molecule has 0 fully saturated rings. The largest absolute Gasteiger partial charge is 0.497 e. The van der Waals surface area contributed by atoms with Gasteiger partial charge in [0.15, 0.2) is 5.69 Å². The molecule has 0 saturated heterocycles. The molecule has 0 aliphatic carbocycles. The topological polar surface area (TPSA) is 64.3 Å². The zero-order valence-electron chi connectivity index (χ0n) is 12.2. The summed E-state index contributed by atoms with van der Waals surface area (Å²) in [5, 5.41) is 9.43. The van der Waals surface area contributed by atoms with Crippen LogP contribution in [0.25, 0.3) is 16.9 Å². The van der Waals surface area contributed by atoms with Crippen LogP contribution in [0.1, 0.15) is 10.5 Å². The highest BCUT2D eigenvalue weighted by molar-refractivity contribution is 9.10.